The fraction of sp³-hybridized carbons (Fsp3) is 0.133. The number of nitrogens with two attached hydrogens (primary N) is 1. The minimum Gasteiger partial charge on any atom is -0.454 e. The molecule has 0 aliphatic carbocycles. The molecule has 0 spiro atoms. The standard InChI is InChI=1S/C15H12BrN3O2/c16-10-2-3-11-12(6-10)19(15(17)18-11)7-9-1-4-13-14(5-9)21-8-20-13/h1-6H,7-8H2,(H2,17,18). The largest absolute Gasteiger partial charge is 0.454 e. The van der Waals surface area contributed by atoms with Gasteiger partial charge >= 0.3 is 0 Å². The van der Waals surface area contributed by atoms with Gasteiger partial charge in [-0.25, -0.2) is 4.98 Å². The molecule has 2 N–H and O–H groups in total. The first-order valence-corrected chi connectivity index (χ1v) is 7.30. The molecular formula is C15H12BrN3O2. The van der Waals surface area contributed by atoms with Crippen molar-refractivity contribution in [2.24, 2.45) is 0 Å². The molecule has 5 nitrogen and oxygen atoms in total. The summed E-state index contributed by atoms with van der Waals surface area (Å²) in [5.41, 5.74) is 9.02. The summed E-state index contributed by atoms with van der Waals surface area (Å²) in [6.45, 7) is 0.914. The summed E-state index contributed by atoms with van der Waals surface area (Å²) < 4.78 is 13.7. The molecule has 1 aromatic heterocycles. The summed E-state index contributed by atoms with van der Waals surface area (Å²) in [6, 6.07) is 11.8. The third kappa shape index (κ3) is 2.12. The average Bonchev–Trinajstić information content (AvgIpc) is 3.04. The first-order chi connectivity index (χ1) is 10.2. The van der Waals surface area contributed by atoms with Gasteiger partial charge in [0, 0.05) is 4.47 Å². The van der Waals surface area contributed by atoms with Crippen molar-refractivity contribution in [2.45, 2.75) is 6.54 Å². The molecule has 3 aromatic rings. The molecule has 0 radical (unpaired) electrons. The van der Waals surface area contributed by atoms with Crippen LogP contribution in [0.3, 0.4) is 0 Å². The molecule has 2 aromatic carbocycles. The van der Waals surface area contributed by atoms with Gasteiger partial charge in [0.25, 0.3) is 0 Å². The van der Waals surface area contributed by atoms with Gasteiger partial charge < -0.3 is 19.8 Å². The topological polar surface area (TPSA) is 62.3 Å². The van der Waals surface area contributed by atoms with Gasteiger partial charge in [-0.05, 0) is 35.9 Å². The van der Waals surface area contributed by atoms with Gasteiger partial charge in [-0.1, -0.05) is 22.0 Å². The molecule has 1 aliphatic rings. The number of hydrogen-bond donors (Lipinski definition) is 1. The maximum Gasteiger partial charge on any atom is 0.231 e. The van der Waals surface area contributed by atoms with E-state index >= 15 is 0 Å². The van der Waals surface area contributed by atoms with Crippen LogP contribution in [0.25, 0.3) is 11.0 Å². The fourth-order valence-electron chi connectivity index (χ4n) is 2.50. The van der Waals surface area contributed by atoms with Gasteiger partial charge in [-0.3, -0.25) is 0 Å². The molecule has 4 rings (SSSR count). The summed E-state index contributed by atoms with van der Waals surface area (Å²) in [5, 5.41) is 0. The first kappa shape index (κ1) is 12.5. The third-order valence-corrected chi connectivity index (χ3v) is 4.01. The lowest BCUT2D eigenvalue weighted by Crippen LogP contribution is -2.04. The molecule has 21 heavy (non-hydrogen) atoms. The first-order valence-electron chi connectivity index (χ1n) is 6.50. The minimum absolute atomic E-state index is 0.280. The van der Waals surface area contributed by atoms with E-state index in [2.05, 4.69) is 20.9 Å². The second-order valence-electron chi connectivity index (χ2n) is 4.88. The molecule has 0 bridgehead atoms. The summed E-state index contributed by atoms with van der Waals surface area (Å²) in [6.07, 6.45) is 0. The van der Waals surface area contributed by atoms with Crippen LogP contribution in [-0.4, -0.2) is 16.3 Å². The molecule has 0 saturated heterocycles. The van der Waals surface area contributed by atoms with Crippen molar-refractivity contribution in [2.75, 3.05) is 12.5 Å². The Bertz CT molecular complexity index is 844. The number of fused-ring (bicyclic) bond motifs is 2. The van der Waals surface area contributed by atoms with Crippen LogP contribution in [0.15, 0.2) is 40.9 Å². The number of benzene rings is 2. The lowest BCUT2D eigenvalue weighted by Gasteiger charge is -2.08. The van der Waals surface area contributed by atoms with Crippen LogP contribution in [0.2, 0.25) is 0 Å². The van der Waals surface area contributed by atoms with E-state index in [1.54, 1.807) is 0 Å². The van der Waals surface area contributed by atoms with Crippen LogP contribution in [0.1, 0.15) is 5.56 Å². The summed E-state index contributed by atoms with van der Waals surface area (Å²) in [5.74, 6) is 2.06. The van der Waals surface area contributed by atoms with Crippen molar-refractivity contribution >= 4 is 32.9 Å². The second-order valence-corrected chi connectivity index (χ2v) is 5.79. The average molecular weight is 346 g/mol. The zero-order chi connectivity index (χ0) is 14.4. The summed E-state index contributed by atoms with van der Waals surface area (Å²) >= 11 is 3.48. The van der Waals surface area contributed by atoms with E-state index in [-0.39, 0.29) is 6.79 Å². The SMILES string of the molecule is Nc1nc2ccc(Br)cc2n1Cc1ccc2c(c1)OCO2. The third-order valence-electron chi connectivity index (χ3n) is 3.52. The minimum atomic E-state index is 0.280. The summed E-state index contributed by atoms with van der Waals surface area (Å²) in [4.78, 5) is 4.39. The maximum atomic E-state index is 6.04. The number of aromatic nitrogens is 2. The number of rotatable bonds is 2. The molecule has 2 heterocycles. The normalized spacial score (nSPS) is 13.0. The highest BCUT2D eigenvalue weighted by Gasteiger charge is 2.15. The van der Waals surface area contributed by atoms with E-state index in [4.69, 9.17) is 15.2 Å². The van der Waals surface area contributed by atoms with Gasteiger partial charge in [-0.15, -0.1) is 0 Å². The lowest BCUT2D eigenvalue weighted by molar-refractivity contribution is 0.174. The number of nitrogens with zero attached hydrogens (tertiary/aromatic N) is 2. The number of imidazole rings is 1. The van der Waals surface area contributed by atoms with Crippen LogP contribution in [0, 0.1) is 0 Å². The van der Waals surface area contributed by atoms with Crippen LogP contribution in [0.5, 0.6) is 11.5 Å². The van der Waals surface area contributed by atoms with Crippen LogP contribution in [0.4, 0.5) is 5.95 Å². The van der Waals surface area contributed by atoms with Crippen molar-refractivity contribution in [3.05, 3.63) is 46.4 Å². The predicted octanol–water partition coefficient (Wildman–Crippen LogP) is 3.16. The van der Waals surface area contributed by atoms with Crippen molar-refractivity contribution in [1.82, 2.24) is 9.55 Å². The second kappa shape index (κ2) is 4.66. The van der Waals surface area contributed by atoms with E-state index in [0.29, 0.717) is 12.5 Å². The Morgan fingerprint density at radius 2 is 2.00 bits per heavy atom. The van der Waals surface area contributed by atoms with E-state index < -0.39 is 0 Å². The molecule has 106 valence electrons. The summed E-state index contributed by atoms with van der Waals surface area (Å²) in [7, 11) is 0. The molecule has 6 heteroatoms. The van der Waals surface area contributed by atoms with Crippen LogP contribution < -0.4 is 15.2 Å². The Labute approximate surface area is 129 Å². The highest BCUT2D eigenvalue weighted by Crippen LogP contribution is 2.33. The Balaban J connectivity index is 1.77. The molecule has 0 unspecified atom stereocenters. The van der Waals surface area contributed by atoms with Gasteiger partial charge in [0.05, 0.1) is 17.6 Å². The highest BCUT2D eigenvalue weighted by molar-refractivity contribution is 9.10. The Morgan fingerprint density at radius 3 is 2.90 bits per heavy atom. The Kier molecular flexibility index (Phi) is 2.78. The predicted molar refractivity (Wildman–Crippen MR) is 83.5 cm³/mol. The molecule has 0 atom stereocenters. The zero-order valence-corrected chi connectivity index (χ0v) is 12.6. The molecular weight excluding hydrogens is 334 g/mol. The van der Waals surface area contributed by atoms with E-state index in [1.807, 2.05) is 41.0 Å². The molecule has 0 fully saturated rings. The van der Waals surface area contributed by atoms with E-state index in [1.165, 1.54) is 0 Å². The van der Waals surface area contributed by atoms with Gasteiger partial charge in [0.15, 0.2) is 11.5 Å². The number of nitrogen functional groups attached to an aromatic ring is 1. The van der Waals surface area contributed by atoms with Crippen molar-refractivity contribution < 1.29 is 9.47 Å². The lowest BCUT2D eigenvalue weighted by atomic mass is 10.2. The Hall–Kier alpha value is -2.21. The smallest absolute Gasteiger partial charge is 0.231 e. The molecule has 1 aliphatic heterocycles. The number of halogens is 1. The van der Waals surface area contributed by atoms with Gasteiger partial charge in [0.1, 0.15) is 0 Å². The van der Waals surface area contributed by atoms with Crippen molar-refractivity contribution in [3.63, 3.8) is 0 Å². The number of hydrogen-bond acceptors (Lipinski definition) is 4. The van der Waals surface area contributed by atoms with Crippen molar-refractivity contribution in [3.8, 4) is 11.5 Å². The Morgan fingerprint density at radius 1 is 1.14 bits per heavy atom. The van der Waals surface area contributed by atoms with Crippen molar-refractivity contribution in [1.29, 1.82) is 0 Å². The highest BCUT2D eigenvalue weighted by atomic mass is 79.9. The van der Waals surface area contributed by atoms with Crippen LogP contribution in [-0.2, 0) is 6.54 Å². The monoisotopic (exact) mass is 345 g/mol. The van der Waals surface area contributed by atoms with Crippen LogP contribution >= 0.6 is 15.9 Å². The quantitative estimate of drug-likeness (QED) is 0.774. The maximum absolute atomic E-state index is 6.04. The number of ether oxygens (including phenoxy) is 2. The molecule has 0 amide bonds. The number of anilines is 1. The van der Waals surface area contributed by atoms with E-state index in [0.717, 1.165) is 32.6 Å². The van der Waals surface area contributed by atoms with E-state index in [9.17, 15) is 0 Å². The fourth-order valence-corrected chi connectivity index (χ4v) is 2.85. The molecule has 0 saturated carbocycles. The van der Waals surface area contributed by atoms with Gasteiger partial charge in [0.2, 0.25) is 12.7 Å². The van der Waals surface area contributed by atoms with Gasteiger partial charge in [-0.2, -0.15) is 0 Å². The zero-order valence-electron chi connectivity index (χ0n) is 11.0.